The molecule has 0 aromatic heterocycles. The molecule has 0 aromatic rings. The quantitative estimate of drug-likeness (QED) is 0.659. The summed E-state index contributed by atoms with van der Waals surface area (Å²) < 4.78 is 21.9. The molecule has 0 amide bonds. The first kappa shape index (κ1) is 12.5. The second kappa shape index (κ2) is 6.01. The molecule has 0 fully saturated rings. The number of hydrogen-bond donors (Lipinski definition) is 1. The van der Waals surface area contributed by atoms with Crippen molar-refractivity contribution < 1.29 is 8.42 Å². The summed E-state index contributed by atoms with van der Waals surface area (Å²) in [4.78, 5) is 0. The number of nitrogens with one attached hydrogen (secondary N) is 1. The second-order valence-electron chi connectivity index (χ2n) is 3.04. The Hall–Kier alpha value is -0.530. The van der Waals surface area contributed by atoms with E-state index in [9.17, 15) is 8.42 Å². The van der Waals surface area contributed by atoms with Crippen LogP contribution in [0.1, 0.15) is 19.8 Å². The third kappa shape index (κ3) is 7.82. The lowest BCUT2D eigenvalue weighted by atomic mass is 10.2. The zero-order chi connectivity index (χ0) is 10.3. The highest BCUT2D eigenvalue weighted by atomic mass is 32.2. The van der Waals surface area contributed by atoms with Gasteiger partial charge in [-0.3, -0.25) is 0 Å². The van der Waals surface area contributed by atoms with Crippen LogP contribution >= 0.6 is 0 Å². The van der Waals surface area contributed by atoms with Crippen LogP contribution < -0.4 is 5.32 Å². The molecule has 0 saturated heterocycles. The van der Waals surface area contributed by atoms with E-state index in [0.717, 1.165) is 12.8 Å². The van der Waals surface area contributed by atoms with Crippen LogP contribution in [-0.2, 0) is 9.84 Å². The highest BCUT2D eigenvalue weighted by Gasteiger charge is 2.12. The highest BCUT2D eigenvalue weighted by Crippen LogP contribution is 1.99. The maximum absolute atomic E-state index is 11.0. The lowest BCUT2D eigenvalue weighted by Crippen LogP contribution is -2.32. The minimum absolute atomic E-state index is 0.0239. The van der Waals surface area contributed by atoms with E-state index in [2.05, 4.69) is 17.2 Å². The zero-order valence-electron chi connectivity index (χ0n) is 8.42. The van der Waals surface area contributed by atoms with Gasteiger partial charge in [-0.2, -0.15) is 0 Å². The molecule has 0 radical (unpaired) electrons. The van der Waals surface area contributed by atoms with Crippen LogP contribution in [0.4, 0.5) is 0 Å². The fourth-order valence-corrected chi connectivity index (χ4v) is 2.11. The molecule has 0 aliphatic carbocycles. The Bertz CT molecular complexity index is 284. The molecule has 1 unspecified atom stereocenters. The first-order valence-electron chi connectivity index (χ1n) is 4.24. The van der Waals surface area contributed by atoms with Crippen molar-refractivity contribution in [1.82, 2.24) is 5.32 Å². The molecule has 0 aliphatic heterocycles. The first-order chi connectivity index (χ1) is 5.99. The smallest absolute Gasteiger partial charge is 0.148 e. The van der Waals surface area contributed by atoms with Gasteiger partial charge >= 0.3 is 0 Å². The normalized spacial score (nSPS) is 13.2. The summed E-state index contributed by atoms with van der Waals surface area (Å²) in [7, 11) is -1.11. The van der Waals surface area contributed by atoms with Crippen LogP contribution in [0.15, 0.2) is 0 Å². The molecule has 0 saturated carbocycles. The molecule has 0 rings (SSSR count). The standard InChI is InChI=1S/C9H17NO2S/c1-4-5-6-7-9(10-2)8-13(3,11)12/h9-10H,6-8H2,1-3H3. The van der Waals surface area contributed by atoms with Crippen LogP contribution in [0.5, 0.6) is 0 Å². The van der Waals surface area contributed by atoms with Crippen molar-refractivity contribution in [2.45, 2.75) is 25.8 Å². The van der Waals surface area contributed by atoms with E-state index in [-0.39, 0.29) is 11.8 Å². The molecule has 13 heavy (non-hydrogen) atoms. The minimum atomic E-state index is -2.88. The van der Waals surface area contributed by atoms with Crippen LogP contribution in [0, 0.1) is 11.8 Å². The van der Waals surface area contributed by atoms with Gasteiger partial charge in [0.15, 0.2) is 0 Å². The van der Waals surface area contributed by atoms with Gasteiger partial charge in [0, 0.05) is 18.7 Å². The van der Waals surface area contributed by atoms with Crippen LogP contribution in [0.3, 0.4) is 0 Å². The second-order valence-corrected chi connectivity index (χ2v) is 5.23. The van der Waals surface area contributed by atoms with Gasteiger partial charge in [-0.1, -0.05) is 0 Å². The van der Waals surface area contributed by atoms with Crippen molar-refractivity contribution in [3.05, 3.63) is 0 Å². The van der Waals surface area contributed by atoms with E-state index < -0.39 is 9.84 Å². The zero-order valence-corrected chi connectivity index (χ0v) is 9.24. The van der Waals surface area contributed by atoms with Crippen molar-refractivity contribution in [3.8, 4) is 11.8 Å². The summed E-state index contributed by atoms with van der Waals surface area (Å²) >= 11 is 0. The van der Waals surface area contributed by atoms with Gasteiger partial charge in [-0.05, 0) is 20.4 Å². The Kier molecular flexibility index (Phi) is 5.76. The summed E-state index contributed by atoms with van der Waals surface area (Å²) in [5.41, 5.74) is 0. The van der Waals surface area contributed by atoms with E-state index in [1.54, 1.807) is 14.0 Å². The van der Waals surface area contributed by atoms with Crippen molar-refractivity contribution in [2.24, 2.45) is 0 Å². The Balaban J connectivity index is 3.95. The largest absolute Gasteiger partial charge is 0.316 e. The van der Waals surface area contributed by atoms with Crippen LogP contribution in [0.25, 0.3) is 0 Å². The predicted molar refractivity (Wildman–Crippen MR) is 55.2 cm³/mol. The molecular formula is C9H17NO2S. The van der Waals surface area contributed by atoms with Crippen LogP contribution in [0.2, 0.25) is 0 Å². The van der Waals surface area contributed by atoms with Crippen molar-refractivity contribution >= 4 is 9.84 Å². The molecule has 0 aromatic carbocycles. The Labute approximate surface area is 80.8 Å². The van der Waals surface area contributed by atoms with E-state index in [4.69, 9.17) is 0 Å². The van der Waals surface area contributed by atoms with E-state index in [1.165, 1.54) is 6.26 Å². The molecule has 1 atom stereocenters. The van der Waals surface area contributed by atoms with Gasteiger partial charge in [-0.15, -0.1) is 11.8 Å². The molecule has 1 N–H and O–H groups in total. The fraction of sp³-hybridized carbons (Fsp3) is 0.778. The Morgan fingerprint density at radius 3 is 2.46 bits per heavy atom. The topological polar surface area (TPSA) is 46.2 Å². The van der Waals surface area contributed by atoms with Gasteiger partial charge in [0.05, 0.1) is 5.75 Å². The first-order valence-corrected chi connectivity index (χ1v) is 6.30. The van der Waals surface area contributed by atoms with Crippen molar-refractivity contribution in [1.29, 1.82) is 0 Å². The summed E-state index contributed by atoms with van der Waals surface area (Å²) in [5, 5.41) is 2.97. The lowest BCUT2D eigenvalue weighted by molar-refractivity contribution is 0.550. The highest BCUT2D eigenvalue weighted by molar-refractivity contribution is 7.90. The van der Waals surface area contributed by atoms with Crippen molar-refractivity contribution in [2.75, 3.05) is 19.1 Å². The van der Waals surface area contributed by atoms with Gasteiger partial charge in [0.25, 0.3) is 0 Å². The maximum atomic E-state index is 11.0. The summed E-state index contributed by atoms with van der Waals surface area (Å²) in [6, 6.07) is 0.0239. The monoisotopic (exact) mass is 203 g/mol. The van der Waals surface area contributed by atoms with Gasteiger partial charge < -0.3 is 5.32 Å². The molecule has 0 heterocycles. The number of hydrogen-bond acceptors (Lipinski definition) is 3. The summed E-state index contributed by atoms with van der Waals surface area (Å²) in [6.45, 7) is 1.78. The molecule has 0 spiro atoms. The summed E-state index contributed by atoms with van der Waals surface area (Å²) in [5.74, 6) is 5.89. The molecule has 0 bridgehead atoms. The predicted octanol–water partition coefficient (Wildman–Crippen LogP) is 0.422. The van der Waals surface area contributed by atoms with Crippen molar-refractivity contribution in [3.63, 3.8) is 0 Å². The van der Waals surface area contributed by atoms with Crippen LogP contribution in [-0.4, -0.2) is 33.5 Å². The molecule has 4 heteroatoms. The molecular weight excluding hydrogens is 186 g/mol. The van der Waals surface area contributed by atoms with E-state index >= 15 is 0 Å². The van der Waals surface area contributed by atoms with Gasteiger partial charge in [0.2, 0.25) is 0 Å². The average Bonchev–Trinajstić information content (AvgIpc) is 2.01. The SMILES string of the molecule is CC#CCCC(CS(C)(=O)=O)NC. The van der Waals surface area contributed by atoms with Gasteiger partial charge in [0.1, 0.15) is 9.84 Å². The third-order valence-electron chi connectivity index (χ3n) is 1.71. The minimum Gasteiger partial charge on any atom is -0.316 e. The molecule has 76 valence electrons. The average molecular weight is 203 g/mol. The Morgan fingerprint density at radius 1 is 1.46 bits per heavy atom. The number of rotatable bonds is 5. The van der Waals surface area contributed by atoms with E-state index in [1.807, 2.05) is 0 Å². The third-order valence-corrected chi connectivity index (χ3v) is 2.71. The lowest BCUT2D eigenvalue weighted by Gasteiger charge is -2.12. The maximum Gasteiger partial charge on any atom is 0.148 e. The fourth-order valence-electron chi connectivity index (χ4n) is 1.05. The molecule has 3 nitrogen and oxygen atoms in total. The van der Waals surface area contributed by atoms with Gasteiger partial charge in [-0.25, -0.2) is 8.42 Å². The molecule has 0 aliphatic rings. The summed E-state index contributed by atoms with van der Waals surface area (Å²) in [6.07, 6.45) is 2.78. The Morgan fingerprint density at radius 2 is 2.08 bits per heavy atom. The van der Waals surface area contributed by atoms with E-state index in [0.29, 0.717) is 0 Å². The number of sulfone groups is 1.